The maximum atomic E-state index is 13.1. The summed E-state index contributed by atoms with van der Waals surface area (Å²) >= 11 is 0. The number of amides is 2. The Hall–Kier alpha value is -2.35. The number of likely N-dealkylation sites (tertiary alicyclic amines) is 1. The summed E-state index contributed by atoms with van der Waals surface area (Å²) in [4.78, 5) is 25.2. The molecular formula is C15H15FN2O2. The number of terminal acetylenes is 1. The third kappa shape index (κ3) is 3.35. The number of rotatable bonds is 4. The van der Waals surface area contributed by atoms with Crippen molar-refractivity contribution in [2.75, 3.05) is 13.1 Å². The highest BCUT2D eigenvalue weighted by Gasteiger charge is 2.33. The van der Waals surface area contributed by atoms with E-state index in [0.29, 0.717) is 18.7 Å². The van der Waals surface area contributed by atoms with Gasteiger partial charge in [-0.25, -0.2) is 4.39 Å². The third-order valence-corrected chi connectivity index (χ3v) is 3.21. The highest BCUT2D eigenvalue weighted by atomic mass is 19.1. The Morgan fingerprint density at radius 3 is 3.05 bits per heavy atom. The summed E-state index contributed by atoms with van der Waals surface area (Å²) in [5.74, 6) is 1.29. The molecule has 0 saturated carbocycles. The summed E-state index contributed by atoms with van der Waals surface area (Å²) in [6, 6.07) is 6.09. The average molecular weight is 274 g/mol. The van der Waals surface area contributed by atoms with Crippen molar-refractivity contribution in [3.63, 3.8) is 0 Å². The van der Waals surface area contributed by atoms with Gasteiger partial charge in [0.25, 0.3) is 0 Å². The Labute approximate surface area is 117 Å². The Balaban J connectivity index is 1.96. The van der Waals surface area contributed by atoms with Gasteiger partial charge in [0.15, 0.2) is 0 Å². The fourth-order valence-electron chi connectivity index (χ4n) is 2.24. The second-order valence-electron chi connectivity index (χ2n) is 4.73. The van der Waals surface area contributed by atoms with Crippen molar-refractivity contribution >= 4 is 11.8 Å². The van der Waals surface area contributed by atoms with Gasteiger partial charge in [-0.2, -0.15) is 0 Å². The lowest BCUT2D eigenvalue weighted by Crippen LogP contribution is -2.33. The highest BCUT2D eigenvalue weighted by molar-refractivity contribution is 5.89. The molecule has 1 aliphatic rings. The van der Waals surface area contributed by atoms with Gasteiger partial charge in [-0.05, 0) is 17.7 Å². The molecule has 1 fully saturated rings. The molecule has 4 nitrogen and oxygen atoms in total. The van der Waals surface area contributed by atoms with E-state index in [-0.39, 0.29) is 36.5 Å². The maximum Gasteiger partial charge on any atom is 0.226 e. The number of nitrogens with zero attached hydrogens (tertiary/aromatic N) is 1. The number of halogens is 1. The van der Waals surface area contributed by atoms with Crippen LogP contribution in [0.1, 0.15) is 12.0 Å². The zero-order chi connectivity index (χ0) is 14.5. The van der Waals surface area contributed by atoms with Crippen LogP contribution in [0.4, 0.5) is 4.39 Å². The molecule has 104 valence electrons. The third-order valence-electron chi connectivity index (χ3n) is 3.21. The molecule has 2 rings (SSSR count). The Kier molecular flexibility index (Phi) is 4.36. The second-order valence-corrected chi connectivity index (χ2v) is 4.73. The quantitative estimate of drug-likeness (QED) is 0.830. The topological polar surface area (TPSA) is 49.4 Å². The average Bonchev–Trinajstić information content (AvgIpc) is 2.77. The molecule has 0 radical (unpaired) electrons. The van der Waals surface area contributed by atoms with Gasteiger partial charge in [0, 0.05) is 19.5 Å². The smallest absolute Gasteiger partial charge is 0.226 e. The molecule has 1 heterocycles. The van der Waals surface area contributed by atoms with E-state index in [4.69, 9.17) is 6.42 Å². The van der Waals surface area contributed by atoms with Gasteiger partial charge in [0.2, 0.25) is 11.8 Å². The standard InChI is InChI=1S/C15H15FN2O2/c1-2-6-17-15(20)12-8-14(19)18(10-12)9-11-4-3-5-13(16)7-11/h1,3-5,7,12H,6,8-10H2,(H,17,20). The van der Waals surface area contributed by atoms with Crippen molar-refractivity contribution in [3.05, 3.63) is 35.6 Å². The van der Waals surface area contributed by atoms with Crippen LogP contribution in [0.15, 0.2) is 24.3 Å². The first-order valence-electron chi connectivity index (χ1n) is 6.33. The van der Waals surface area contributed by atoms with Crippen LogP contribution < -0.4 is 5.32 Å². The van der Waals surface area contributed by atoms with Crippen molar-refractivity contribution in [3.8, 4) is 12.3 Å². The van der Waals surface area contributed by atoms with E-state index in [0.717, 1.165) is 0 Å². The fraction of sp³-hybridized carbons (Fsp3) is 0.333. The van der Waals surface area contributed by atoms with Crippen molar-refractivity contribution in [1.82, 2.24) is 10.2 Å². The number of carbonyl (C=O) groups is 2. The van der Waals surface area contributed by atoms with Crippen LogP contribution in [0.25, 0.3) is 0 Å². The van der Waals surface area contributed by atoms with Crippen molar-refractivity contribution in [1.29, 1.82) is 0 Å². The van der Waals surface area contributed by atoms with Crippen LogP contribution in [0.5, 0.6) is 0 Å². The molecule has 0 spiro atoms. The van der Waals surface area contributed by atoms with E-state index in [9.17, 15) is 14.0 Å². The predicted octanol–water partition coefficient (Wildman–Crippen LogP) is 0.924. The van der Waals surface area contributed by atoms with Crippen LogP contribution in [0, 0.1) is 24.1 Å². The molecule has 1 unspecified atom stereocenters. The Morgan fingerprint density at radius 1 is 1.55 bits per heavy atom. The van der Waals surface area contributed by atoms with Gasteiger partial charge < -0.3 is 10.2 Å². The van der Waals surface area contributed by atoms with Crippen LogP contribution in [0.3, 0.4) is 0 Å². The summed E-state index contributed by atoms with van der Waals surface area (Å²) in [5, 5.41) is 2.57. The van der Waals surface area contributed by atoms with Crippen LogP contribution in [0.2, 0.25) is 0 Å². The first kappa shape index (κ1) is 14.1. The molecule has 2 amide bonds. The predicted molar refractivity (Wildman–Crippen MR) is 71.8 cm³/mol. The van der Waals surface area contributed by atoms with Gasteiger partial charge in [0.05, 0.1) is 12.5 Å². The lowest BCUT2D eigenvalue weighted by molar-refractivity contribution is -0.129. The largest absolute Gasteiger partial charge is 0.345 e. The molecule has 1 aliphatic heterocycles. The zero-order valence-electron chi connectivity index (χ0n) is 10.9. The minimum atomic E-state index is -0.385. The van der Waals surface area contributed by atoms with E-state index in [1.54, 1.807) is 17.0 Å². The van der Waals surface area contributed by atoms with E-state index in [2.05, 4.69) is 11.2 Å². The van der Waals surface area contributed by atoms with Gasteiger partial charge in [-0.3, -0.25) is 9.59 Å². The van der Waals surface area contributed by atoms with E-state index in [1.165, 1.54) is 12.1 Å². The summed E-state index contributed by atoms with van der Waals surface area (Å²) in [6.07, 6.45) is 5.24. The van der Waals surface area contributed by atoms with Crippen LogP contribution in [-0.4, -0.2) is 29.8 Å². The number of nitrogens with one attached hydrogen (secondary N) is 1. The lowest BCUT2D eigenvalue weighted by atomic mass is 10.1. The van der Waals surface area contributed by atoms with Crippen molar-refractivity contribution in [2.24, 2.45) is 5.92 Å². The first-order chi connectivity index (χ1) is 9.60. The number of hydrogen-bond donors (Lipinski definition) is 1. The lowest BCUT2D eigenvalue weighted by Gasteiger charge is -2.16. The van der Waals surface area contributed by atoms with E-state index in [1.807, 2.05) is 0 Å². The molecule has 1 N–H and O–H groups in total. The van der Waals surface area contributed by atoms with Gasteiger partial charge in [0.1, 0.15) is 5.82 Å². The number of benzene rings is 1. The molecule has 5 heteroatoms. The molecule has 1 aromatic carbocycles. The summed E-state index contributed by atoms with van der Waals surface area (Å²) in [6.45, 7) is 0.814. The highest BCUT2D eigenvalue weighted by Crippen LogP contribution is 2.20. The Bertz CT molecular complexity index is 565. The number of hydrogen-bond acceptors (Lipinski definition) is 2. The van der Waals surface area contributed by atoms with Crippen LogP contribution in [-0.2, 0) is 16.1 Å². The molecule has 0 aromatic heterocycles. The molecule has 0 bridgehead atoms. The molecule has 1 atom stereocenters. The molecule has 0 aliphatic carbocycles. The molecule has 1 saturated heterocycles. The first-order valence-corrected chi connectivity index (χ1v) is 6.33. The number of carbonyl (C=O) groups excluding carboxylic acids is 2. The van der Waals surface area contributed by atoms with E-state index >= 15 is 0 Å². The maximum absolute atomic E-state index is 13.1. The Morgan fingerprint density at radius 2 is 2.35 bits per heavy atom. The van der Waals surface area contributed by atoms with Gasteiger partial charge >= 0.3 is 0 Å². The minimum absolute atomic E-state index is 0.102. The molecule has 1 aromatic rings. The van der Waals surface area contributed by atoms with Crippen molar-refractivity contribution in [2.45, 2.75) is 13.0 Å². The fourth-order valence-corrected chi connectivity index (χ4v) is 2.24. The SMILES string of the molecule is C#CCNC(=O)C1CC(=O)N(Cc2cccc(F)c2)C1. The molecule has 20 heavy (non-hydrogen) atoms. The summed E-state index contributed by atoms with van der Waals surface area (Å²) < 4.78 is 13.1. The van der Waals surface area contributed by atoms with Gasteiger partial charge in [-0.1, -0.05) is 18.1 Å². The molecular weight excluding hydrogens is 259 g/mol. The van der Waals surface area contributed by atoms with E-state index < -0.39 is 0 Å². The summed E-state index contributed by atoms with van der Waals surface area (Å²) in [5.41, 5.74) is 0.711. The van der Waals surface area contributed by atoms with Crippen LogP contribution >= 0.6 is 0 Å². The minimum Gasteiger partial charge on any atom is -0.345 e. The van der Waals surface area contributed by atoms with Gasteiger partial charge in [-0.15, -0.1) is 6.42 Å². The second kappa shape index (κ2) is 6.20. The monoisotopic (exact) mass is 274 g/mol. The normalized spacial score (nSPS) is 17.9. The zero-order valence-corrected chi connectivity index (χ0v) is 10.9. The summed E-state index contributed by atoms with van der Waals surface area (Å²) in [7, 11) is 0. The van der Waals surface area contributed by atoms with Crippen molar-refractivity contribution < 1.29 is 14.0 Å².